The Balaban J connectivity index is 1.78. The number of hydrogen-bond donors (Lipinski definition) is 2. The summed E-state index contributed by atoms with van der Waals surface area (Å²) in [7, 11) is 0. The zero-order chi connectivity index (χ0) is 14.9. The summed E-state index contributed by atoms with van der Waals surface area (Å²) in [6.45, 7) is 8.25. The minimum absolute atomic E-state index is 0.206. The molecule has 0 bridgehead atoms. The van der Waals surface area contributed by atoms with Gasteiger partial charge in [-0.2, -0.15) is 15.0 Å². The van der Waals surface area contributed by atoms with Gasteiger partial charge in [0.2, 0.25) is 17.2 Å². The van der Waals surface area contributed by atoms with Gasteiger partial charge in [-0.1, -0.05) is 13.3 Å². The van der Waals surface area contributed by atoms with Crippen LogP contribution in [0.3, 0.4) is 0 Å². The lowest BCUT2D eigenvalue weighted by molar-refractivity contribution is 0.0398. The van der Waals surface area contributed by atoms with Crippen LogP contribution in [0.15, 0.2) is 0 Å². The van der Waals surface area contributed by atoms with Gasteiger partial charge in [-0.25, -0.2) is 0 Å². The number of unbranched alkanes of at least 4 members (excludes halogenated alkanes) is 1. The summed E-state index contributed by atoms with van der Waals surface area (Å²) in [5, 5.41) is 6.55. The van der Waals surface area contributed by atoms with E-state index >= 15 is 0 Å². The Morgan fingerprint density at radius 1 is 1.10 bits per heavy atom. The Morgan fingerprint density at radius 2 is 1.76 bits per heavy atom. The third-order valence-corrected chi connectivity index (χ3v) is 3.41. The summed E-state index contributed by atoms with van der Waals surface area (Å²) in [6, 6.07) is 0. The summed E-state index contributed by atoms with van der Waals surface area (Å²) >= 11 is 5.92. The third-order valence-electron chi connectivity index (χ3n) is 3.24. The number of rotatable bonds is 8. The Hall–Kier alpha value is -1.18. The van der Waals surface area contributed by atoms with Gasteiger partial charge in [0.1, 0.15) is 0 Å². The highest BCUT2D eigenvalue weighted by atomic mass is 35.5. The van der Waals surface area contributed by atoms with Crippen LogP contribution in [0, 0.1) is 0 Å². The number of halogens is 1. The predicted octanol–water partition coefficient (Wildman–Crippen LogP) is 1.48. The van der Waals surface area contributed by atoms with Crippen LogP contribution in [0.1, 0.15) is 19.8 Å². The van der Waals surface area contributed by atoms with E-state index in [1.54, 1.807) is 0 Å². The Morgan fingerprint density at radius 3 is 2.43 bits per heavy atom. The lowest BCUT2D eigenvalue weighted by Gasteiger charge is -2.26. The number of nitrogens with one attached hydrogen (secondary N) is 2. The summed E-state index contributed by atoms with van der Waals surface area (Å²) in [4.78, 5) is 14.8. The minimum Gasteiger partial charge on any atom is -0.379 e. The minimum atomic E-state index is 0.206. The van der Waals surface area contributed by atoms with Crippen LogP contribution in [0.2, 0.25) is 5.28 Å². The van der Waals surface area contributed by atoms with E-state index in [4.69, 9.17) is 16.3 Å². The smallest absolute Gasteiger partial charge is 0.228 e. The highest BCUT2D eigenvalue weighted by Gasteiger charge is 2.10. The fourth-order valence-electron chi connectivity index (χ4n) is 2.04. The maximum Gasteiger partial charge on any atom is 0.228 e. The average Bonchev–Trinajstić information content (AvgIpc) is 2.48. The SMILES string of the molecule is CCCCNc1nc(Cl)nc(NCCN2CCOCC2)n1. The van der Waals surface area contributed by atoms with Gasteiger partial charge >= 0.3 is 0 Å². The van der Waals surface area contributed by atoms with Crippen molar-refractivity contribution in [3.8, 4) is 0 Å². The zero-order valence-corrected chi connectivity index (χ0v) is 13.2. The van der Waals surface area contributed by atoms with Crippen molar-refractivity contribution in [3.63, 3.8) is 0 Å². The molecule has 1 aliphatic rings. The lowest BCUT2D eigenvalue weighted by Crippen LogP contribution is -2.39. The van der Waals surface area contributed by atoms with Crippen molar-refractivity contribution in [2.45, 2.75) is 19.8 Å². The van der Waals surface area contributed by atoms with E-state index in [1.165, 1.54) is 0 Å². The standard InChI is InChI=1S/C13H23ClN6O/c1-2-3-4-15-12-17-11(14)18-13(19-12)16-5-6-20-7-9-21-10-8-20/h2-10H2,1H3,(H2,15,16,17,18,19). The van der Waals surface area contributed by atoms with Crippen molar-refractivity contribution in [2.24, 2.45) is 0 Å². The monoisotopic (exact) mass is 314 g/mol. The molecule has 0 atom stereocenters. The number of anilines is 2. The average molecular weight is 315 g/mol. The van der Waals surface area contributed by atoms with Crippen molar-refractivity contribution in [1.82, 2.24) is 19.9 Å². The zero-order valence-electron chi connectivity index (χ0n) is 12.4. The normalized spacial score (nSPS) is 15.9. The van der Waals surface area contributed by atoms with Crippen LogP contribution >= 0.6 is 11.6 Å². The maximum atomic E-state index is 5.92. The molecule has 1 saturated heterocycles. The largest absolute Gasteiger partial charge is 0.379 e. The Bertz CT molecular complexity index is 427. The van der Waals surface area contributed by atoms with Crippen LogP contribution < -0.4 is 10.6 Å². The first-order valence-electron chi connectivity index (χ1n) is 7.47. The van der Waals surface area contributed by atoms with Crippen molar-refractivity contribution < 1.29 is 4.74 Å². The van der Waals surface area contributed by atoms with E-state index in [9.17, 15) is 0 Å². The molecule has 2 heterocycles. The summed E-state index contributed by atoms with van der Waals surface area (Å²) < 4.78 is 5.32. The second-order valence-corrected chi connectivity index (χ2v) is 5.25. The molecule has 1 fully saturated rings. The predicted molar refractivity (Wildman–Crippen MR) is 84.0 cm³/mol. The van der Waals surface area contributed by atoms with E-state index in [1.807, 2.05) is 0 Å². The number of morpholine rings is 1. The topological polar surface area (TPSA) is 75.2 Å². The molecule has 0 spiro atoms. The fraction of sp³-hybridized carbons (Fsp3) is 0.769. The highest BCUT2D eigenvalue weighted by molar-refractivity contribution is 6.28. The van der Waals surface area contributed by atoms with Gasteiger partial charge in [0.05, 0.1) is 13.2 Å². The number of aromatic nitrogens is 3. The molecule has 1 aliphatic heterocycles. The number of hydrogen-bond acceptors (Lipinski definition) is 7. The van der Waals surface area contributed by atoms with Gasteiger partial charge in [0.25, 0.3) is 0 Å². The summed E-state index contributed by atoms with van der Waals surface area (Å²) in [5.74, 6) is 1.04. The molecule has 7 nitrogen and oxygen atoms in total. The van der Waals surface area contributed by atoms with Crippen molar-refractivity contribution in [2.75, 3.05) is 56.6 Å². The van der Waals surface area contributed by atoms with E-state index in [-0.39, 0.29) is 5.28 Å². The molecule has 1 aromatic rings. The Labute approximate surface area is 130 Å². The summed E-state index contributed by atoms with van der Waals surface area (Å²) in [6.07, 6.45) is 2.19. The first-order valence-corrected chi connectivity index (χ1v) is 7.85. The second-order valence-electron chi connectivity index (χ2n) is 4.91. The van der Waals surface area contributed by atoms with E-state index in [0.29, 0.717) is 11.9 Å². The van der Waals surface area contributed by atoms with Crippen LogP contribution in [-0.2, 0) is 4.74 Å². The van der Waals surface area contributed by atoms with Crippen molar-refractivity contribution >= 4 is 23.5 Å². The van der Waals surface area contributed by atoms with E-state index in [2.05, 4.69) is 37.4 Å². The van der Waals surface area contributed by atoms with E-state index in [0.717, 1.165) is 58.8 Å². The molecule has 0 amide bonds. The van der Waals surface area contributed by atoms with Crippen LogP contribution in [0.25, 0.3) is 0 Å². The van der Waals surface area contributed by atoms with Crippen molar-refractivity contribution in [1.29, 1.82) is 0 Å². The molecule has 0 radical (unpaired) electrons. The molecular weight excluding hydrogens is 292 g/mol. The number of ether oxygens (including phenoxy) is 1. The van der Waals surface area contributed by atoms with Crippen molar-refractivity contribution in [3.05, 3.63) is 5.28 Å². The van der Waals surface area contributed by atoms with Gasteiger partial charge in [-0.3, -0.25) is 4.90 Å². The van der Waals surface area contributed by atoms with Gasteiger partial charge in [-0.15, -0.1) is 0 Å². The van der Waals surface area contributed by atoms with E-state index < -0.39 is 0 Å². The Kier molecular flexibility index (Phi) is 6.91. The molecule has 0 aromatic carbocycles. The fourth-order valence-corrected chi connectivity index (χ4v) is 2.20. The quantitative estimate of drug-likeness (QED) is 0.704. The van der Waals surface area contributed by atoms with Gasteiger partial charge in [-0.05, 0) is 18.0 Å². The van der Waals surface area contributed by atoms with Gasteiger partial charge in [0, 0.05) is 32.7 Å². The van der Waals surface area contributed by atoms with Crippen LogP contribution in [0.4, 0.5) is 11.9 Å². The van der Waals surface area contributed by atoms with Crippen LogP contribution in [-0.4, -0.2) is 65.8 Å². The summed E-state index contributed by atoms with van der Waals surface area (Å²) in [5.41, 5.74) is 0. The van der Waals surface area contributed by atoms with Gasteiger partial charge < -0.3 is 15.4 Å². The molecule has 0 unspecified atom stereocenters. The number of nitrogens with zero attached hydrogens (tertiary/aromatic N) is 4. The second kappa shape index (κ2) is 8.96. The molecule has 8 heteroatoms. The maximum absolute atomic E-state index is 5.92. The van der Waals surface area contributed by atoms with Gasteiger partial charge in [0.15, 0.2) is 0 Å². The molecule has 118 valence electrons. The highest BCUT2D eigenvalue weighted by Crippen LogP contribution is 2.09. The molecule has 0 aliphatic carbocycles. The first kappa shape index (κ1) is 16.2. The molecule has 2 rings (SSSR count). The first-order chi connectivity index (χ1) is 10.3. The molecule has 2 N–H and O–H groups in total. The molecule has 1 aromatic heterocycles. The molecular formula is C13H23ClN6O. The molecule has 0 saturated carbocycles. The third kappa shape index (κ3) is 5.99. The lowest BCUT2D eigenvalue weighted by atomic mass is 10.3. The molecule has 21 heavy (non-hydrogen) atoms. The van der Waals surface area contributed by atoms with Crippen LogP contribution in [0.5, 0.6) is 0 Å².